The van der Waals surface area contributed by atoms with Gasteiger partial charge < -0.3 is 14.2 Å². The van der Waals surface area contributed by atoms with E-state index < -0.39 is 11.5 Å². The lowest BCUT2D eigenvalue weighted by Gasteiger charge is -2.43. The van der Waals surface area contributed by atoms with Crippen LogP contribution in [0.3, 0.4) is 0 Å². The van der Waals surface area contributed by atoms with Crippen LogP contribution in [-0.2, 0) is 23.8 Å². The molecule has 18 heavy (non-hydrogen) atoms. The SMILES string of the molecule is CCOC(=O)[C@H]1CC(=O)O[C@@]12CCOC(C)(C)C2. The Balaban J connectivity index is 2.22. The topological polar surface area (TPSA) is 61.8 Å². The van der Waals surface area contributed by atoms with Gasteiger partial charge in [0.2, 0.25) is 0 Å². The van der Waals surface area contributed by atoms with Crippen LogP contribution in [0.25, 0.3) is 0 Å². The third-order valence-electron chi connectivity index (χ3n) is 3.64. The van der Waals surface area contributed by atoms with Crippen LogP contribution < -0.4 is 0 Å². The molecule has 2 atom stereocenters. The second-order valence-corrected chi connectivity index (χ2v) is 5.58. The minimum absolute atomic E-state index is 0.120. The van der Waals surface area contributed by atoms with Crippen molar-refractivity contribution in [3.05, 3.63) is 0 Å². The Labute approximate surface area is 107 Å². The van der Waals surface area contributed by atoms with Crippen molar-refractivity contribution in [2.75, 3.05) is 13.2 Å². The van der Waals surface area contributed by atoms with Crippen molar-refractivity contribution in [3.8, 4) is 0 Å². The monoisotopic (exact) mass is 256 g/mol. The Bertz CT molecular complexity index is 362. The predicted molar refractivity (Wildman–Crippen MR) is 62.8 cm³/mol. The molecule has 0 radical (unpaired) electrons. The molecule has 0 aliphatic carbocycles. The molecule has 2 aliphatic heterocycles. The van der Waals surface area contributed by atoms with E-state index >= 15 is 0 Å². The number of carbonyl (C=O) groups is 2. The molecular formula is C13H20O5. The maximum Gasteiger partial charge on any atom is 0.313 e. The Morgan fingerprint density at radius 2 is 2.22 bits per heavy atom. The first-order valence-electron chi connectivity index (χ1n) is 6.41. The summed E-state index contributed by atoms with van der Waals surface area (Å²) in [5.74, 6) is -1.14. The van der Waals surface area contributed by atoms with Crippen molar-refractivity contribution < 1.29 is 23.8 Å². The highest BCUT2D eigenvalue weighted by atomic mass is 16.6. The van der Waals surface area contributed by atoms with Gasteiger partial charge >= 0.3 is 11.9 Å². The molecule has 2 aliphatic rings. The van der Waals surface area contributed by atoms with Gasteiger partial charge in [-0.05, 0) is 20.8 Å². The molecule has 5 heteroatoms. The van der Waals surface area contributed by atoms with Gasteiger partial charge in [0.15, 0.2) is 0 Å². The Morgan fingerprint density at radius 1 is 1.50 bits per heavy atom. The Kier molecular flexibility index (Phi) is 3.36. The van der Waals surface area contributed by atoms with Crippen LogP contribution in [0.4, 0.5) is 0 Å². The van der Waals surface area contributed by atoms with E-state index in [1.54, 1.807) is 6.92 Å². The molecule has 0 bridgehead atoms. The van der Waals surface area contributed by atoms with Crippen LogP contribution >= 0.6 is 0 Å². The van der Waals surface area contributed by atoms with Crippen molar-refractivity contribution >= 4 is 11.9 Å². The maximum absolute atomic E-state index is 12.0. The van der Waals surface area contributed by atoms with Crippen molar-refractivity contribution in [2.24, 2.45) is 5.92 Å². The highest BCUT2D eigenvalue weighted by Crippen LogP contribution is 2.45. The summed E-state index contributed by atoms with van der Waals surface area (Å²) in [4.78, 5) is 23.6. The van der Waals surface area contributed by atoms with Crippen LogP contribution in [0.5, 0.6) is 0 Å². The first-order chi connectivity index (χ1) is 8.38. The highest BCUT2D eigenvalue weighted by Gasteiger charge is 2.57. The zero-order valence-corrected chi connectivity index (χ0v) is 11.2. The van der Waals surface area contributed by atoms with E-state index in [1.807, 2.05) is 13.8 Å². The number of ether oxygens (including phenoxy) is 3. The third kappa shape index (κ3) is 2.36. The van der Waals surface area contributed by atoms with E-state index in [0.717, 1.165) is 0 Å². The molecule has 0 unspecified atom stereocenters. The lowest BCUT2D eigenvalue weighted by atomic mass is 9.75. The van der Waals surface area contributed by atoms with Crippen molar-refractivity contribution in [3.63, 3.8) is 0 Å². The molecule has 2 heterocycles. The molecule has 0 aromatic carbocycles. The van der Waals surface area contributed by atoms with Crippen molar-refractivity contribution in [1.82, 2.24) is 0 Å². The molecule has 0 amide bonds. The first-order valence-corrected chi connectivity index (χ1v) is 6.41. The summed E-state index contributed by atoms with van der Waals surface area (Å²) in [6.07, 6.45) is 1.22. The summed E-state index contributed by atoms with van der Waals surface area (Å²) < 4.78 is 16.2. The Hall–Kier alpha value is -1.10. The fraction of sp³-hybridized carbons (Fsp3) is 0.846. The van der Waals surface area contributed by atoms with E-state index in [9.17, 15) is 9.59 Å². The number of carbonyl (C=O) groups excluding carboxylic acids is 2. The molecule has 2 rings (SSSR count). The smallest absolute Gasteiger partial charge is 0.313 e. The van der Waals surface area contributed by atoms with Crippen LogP contribution in [0.1, 0.15) is 40.0 Å². The normalized spacial score (nSPS) is 34.4. The summed E-state index contributed by atoms with van der Waals surface area (Å²) in [5, 5.41) is 0. The van der Waals surface area contributed by atoms with E-state index in [4.69, 9.17) is 14.2 Å². The van der Waals surface area contributed by atoms with Crippen LogP contribution in [0.15, 0.2) is 0 Å². The summed E-state index contributed by atoms with van der Waals surface area (Å²) in [5.41, 5.74) is -1.11. The average molecular weight is 256 g/mol. The molecule has 0 N–H and O–H groups in total. The van der Waals surface area contributed by atoms with Gasteiger partial charge in [-0.25, -0.2) is 0 Å². The fourth-order valence-electron chi connectivity index (χ4n) is 2.98. The quantitative estimate of drug-likeness (QED) is 0.700. The Morgan fingerprint density at radius 3 is 2.83 bits per heavy atom. The van der Waals surface area contributed by atoms with Crippen molar-refractivity contribution in [1.29, 1.82) is 0 Å². The maximum atomic E-state index is 12.0. The standard InChI is InChI=1S/C13H20O5/c1-4-16-11(15)9-7-10(14)18-13(9)5-6-17-12(2,3)8-13/h9H,4-8H2,1-3H3/t9-,13-/m1/s1. The zero-order valence-electron chi connectivity index (χ0n) is 11.2. The van der Waals surface area contributed by atoms with E-state index in [2.05, 4.69) is 0 Å². The average Bonchev–Trinajstić information content (AvgIpc) is 2.53. The van der Waals surface area contributed by atoms with Crippen LogP contribution in [0, 0.1) is 5.92 Å². The number of rotatable bonds is 2. The van der Waals surface area contributed by atoms with Gasteiger partial charge in [0, 0.05) is 12.8 Å². The van der Waals surface area contributed by atoms with E-state index in [0.29, 0.717) is 26.1 Å². The summed E-state index contributed by atoms with van der Waals surface area (Å²) in [6.45, 7) is 6.47. The summed E-state index contributed by atoms with van der Waals surface area (Å²) in [7, 11) is 0. The van der Waals surface area contributed by atoms with E-state index in [1.165, 1.54) is 0 Å². The molecule has 2 fully saturated rings. The largest absolute Gasteiger partial charge is 0.466 e. The molecular weight excluding hydrogens is 236 g/mol. The van der Waals surface area contributed by atoms with Gasteiger partial charge in [0.1, 0.15) is 11.5 Å². The third-order valence-corrected chi connectivity index (χ3v) is 3.64. The van der Waals surface area contributed by atoms with Crippen LogP contribution in [0.2, 0.25) is 0 Å². The number of esters is 2. The van der Waals surface area contributed by atoms with Crippen LogP contribution in [-0.4, -0.2) is 36.4 Å². The fourth-order valence-corrected chi connectivity index (χ4v) is 2.98. The van der Waals surface area contributed by atoms with Gasteiger partial charge in [-0.1, -0.05) is 0 Å². The molecule has 0 saturated carbocycles. The molecule has 2 saturated heterocycles. The molecule has 0 aromatic heterocycles. The minimum Gasteiger partial charge on any atom is -0.466 e. The summed E-state index contributed by atoms with van der Waals surface area (Å²) >= 11 is 0. The first kappa shape index (κ1) is 13.3. The molecule has 5 nitrogen and oxygen atoms in total. The minimum atomic E-state index is -0.731. The molecule has 0 aromatic rings. The predicted octanol–water partition coefficient (Wildman–Crippen LogP) is 1.44. The zero-order chi connectivity index (χ0) is 13.4. The van der Waals surface area contributed by atoms with Gasteiger partial charge in [0.05, 0.1) is 25.2 Å². The van der Waals surface area contributed by atoms with Gasteiger partial charge in [0.25, 0.3) is 0 Å². The second kappa shape index (κ2) is 4.53. The molecule has 1 spiro atoms. The number of hydrogen-bond acceptors (Lipinski definition) is 5. The molecule has 102 valence electrons. The lowest BCUT2D eigenvalue weighted by Crippen LogP contribution is -2.51. The lowest BCUT2D eigenvalue weighted by molar-refractivity contribution is -0.185. The number of hydrogen-bond donors (Lipinski definition) is 0. The highest BCUT2D eigenvalue weighted by molar-refractivity contribution is 5.84. The van der Waals surface area contributed by atoms with E-state index in [-0.39, 0.29) is 24.0 Å². The second-order valence-electron chi connectivity index (χ2n) is 5.58. The van der Waals surface area contributed by atoms with Crippen molar-refractivity contribution in [2.45, 2.75) is 51.2 Å². The van der Waals surface area contributed by atoms with Gasteiger partial charge in [-0.3, -0.25) is 9.59 Å². The van der Waals surface area contributed by atoms with Gasteiger partial charge in [-0.2, -0.15) is 0 Å². The summed E-state index contributed by atoms with van der Waals surface area (Å²) in [6, 6.07) is 0. The van der Waals surface area contributed by atoms with Gasteiger partial charge in [-0.15, -0.1) is 0 Å².